The number of hydrogen-bond donors (Lipinski definition) is 2. The second kappa shape index (κ2) is 8.46. The number of alkyl carbamates (subject to hydrolysis) is 1. The molecule has 0 aliphatic rings. The van der Waals surface area contributed by atoms with E-state index in [1.165, 1.54) is 12.1 Å². The number of nitro groups is 1. The summed E-state index contributed by atoms with van der Waals surface area (Å²) in [6.07, 6.45) is -0.720. The number of nitro benzene ring substituents is 1. The molecule has 8 nitrogen and oxygen atoms in total. The maximum Gasteiger partial charge on any atom is 0.408 e. The predicted octanol–water partition coefficient (Wildman–Crippen LogP) is 3.76. The minimum absolute atomic E-state index is 0.0193. The fraction of sp³-hybridized carbons (Fsp3) is 0.444. The Bertz CT molecular complexity index is 716. The smallest absolute Gasteiger partial charge is 0.408 e. The lowest BCUT2D eigenvalue weighted by atomic mass is 9.97. The summed E-state index contributed by atoms with van der Waals surface area (Å²) >= 11 is 0. The van der Waals surface area contributed by atoms with Gasteiger partial charge in [-0.15, -0.1) is 0 Å². The zero-order valence-corrected chi connectivity index (χ0v) is 15.5. The standard InChI is InChI=1S/C18H24N2O6/c1-11(12(2)13-6-8-14(9-7-13)20(24)25)10-15(16(21)22)19-17(23)26-18(3,4)5/h6-9,15H,10H2,1-5H3,(H,19,23)(H,21,22)/b12-11-/t15-/m0/s1. The highest BCUT2D eigenvalue weighted by molar-refractivity contribution is 5.81. The number of nitrogens with zero attached hydrogens (tertiary/aromatic N) is 1. The number of carbonyl (C=O) groups is 2. The molecule has 0 aliphatic carbocycles. The lowest BCUT2D eigenvalue weighted by molar-refractivity contribution is -0.384. The summed E-state index contributed by atoms with van der Waals surface area (Å²) in [6.45, 7) is 8.61. The van der Waals surface area contributed by atoms with Crippen LogP contribution in [-0.2, 0) is 9.53 Å². The monoisotopic (exact) mass is 364 g/mol. The van der Waals surface area contributed by atoms with Gasteiger partial charge in [-0.05, 0) is 64.3 Å². The zero-order chi connectivity index (χ0) is 20.1. The molecule has 1 atom stereocenters. The Balaban J connectivity index is 2.92. The van der Waals surface area contributed by atoms with Crippen molar-refractivity contribution in [1.82, 2.24) is 5.32 Å². The van der Waals surface area contributed by atoms with Gasteiger partial charge in [0.15, 0.2) is 0 Å². The van der Waals surface area contributed by atoms with Crippen molar-refractivity contribution in [3.63, 3.8) is 0 Å². The average Bonchev–Trinajstić information content (AvgIpc) is 2.51. The predicted molar refractivity (Wildman–Crippen MR) is 96.8 cm³/mol. The molecule has 0 aromatic heterocycles. The summed E-state index contributed by atoms with van der Waals surface area (Å²) in [5.41, 5.74) is 1.52. The molecule has 1 aromatic rings. The number of amides is 1. The molecular formula is C18H24N2O6. The van der Waals surface area contributed by atoms with E-state index in [9.17, 15) is 24.8 Å². The molecule has 8 heteroatoms. The van der Waals surface area contributed by atoms with Gasteiger partial charge in [0.05, 0.1) is 4.92 Å². The van der Waals surface area contributed by atoms with Crippen LogP contribution in [0, 0.1) is 10.1 Å². The number of carboxylic acid groups (broad SMARTS) is 1. The van der Waals surface area contributed by atoms with Crippen LogP contribution >= 0.6 is 0 Å². The fourth-order valence-corrected chi connectivity index (χ4v) is 2.19. The van der Waals surface area contributed by atoms with Gasteiger partial charge in [-0.2, -0.15) is 0 Å². The molecule has 2 N–H and O–H groups in total. The van der Waals surface area contributed by atoms with Gasteiger partial charge in [0.25, 0.3) is 5.69 Å². The van der Waals surface area contributed by atoms with Crippen LogP contribution in [0.25, 0.3) is 5.57 Å². The van der Waals surface area contributed by atoms with Crippen molar-refractivity contribution in [2.45, 2.75) is 52.7 Å². The molecule has 1 rings (SSSR count). The Morgan fingerprint density at radius 1 is 1.23 bits per heavy atom. The van der Waals surface area contributed by atoms with Crippen molar-refractivity contribution in [3.05, 3.63) is 45.5 Å². The van der Waals surface area contributed by atoms with Crippen LogP contribution in [0.4, 0.5) is 10.5 Å². The molecule has 26 heavy (non-hydrogen) atoms. The third-order valence-electron chi connectivity index (χ3n) is 3.65. The molecule has 0 unspecified atom stereocenters. The van der Waals surface area contributed by atoms with Crippen LogP contribution in [0.1, 0.15) is 46.6 Å². The van der Waals surface area contributed by atoms with Crippen molar-refractivity contribution >= 4 is 23.3 Å². The Hall–Kier alpha value is -2.90. The van der Waals surface area contributed by atoms with E-state index in [2.05, 4.69) is 5.32 Å². The first-order valence-electron chi connectivity index (χ1n) is 8.04. The number of allylic oxidation sites excluding steroid dienone is 1. The van der Waals surface area contributed by atoms with E-state index in [4.69, 9.17) is 4.74 Å². The minimum Gasteiger partial charge on any atom is -0.480 e. The molecule has 142 valence electrons. The summed E-state index contributed by atoms with van der Waals surface area (Å²) in [7, 11) is 0. The number of nitrogens with one attached hydrogen (secondary N) is 1. The number of hydrogen-bond acceptors (Lipinski definition) is 5. The number of carbonyl (C=O) groups excluding carboxylic acids is 1. The summed E-state index contributed by atoms with van der Waals surface area (Å²) < 4.78 is 5.09. The fourth-order valence-electron chi connectivity index (χ4n) is 2.19. The Kier molecular flexibility index (Phi) is 6.88. The lowest BCUT2D eigenvalue weighted by Gasteiger charge is -2.22. The third-order valence-corrected chi connectivity index (χ3v) is 3.65. The maximum absolute atomic E-state index is 11.8. The quantitative estimate of drug-likeness (QED) is 0.586. The van der Waals surface area contributed by atoms with Gasteiger partial charge < -0.3 is 15.2 Å². The van der Waals surface area contributed by atoms with Crippen LogP contribution < -0.4 is 5.32 Å². The summed E-state index contributed by atoms with van der Waals surface area (Å²) in [5, 5.41) is 22.4. The van der Waals surface area contributed by atoms with E-state index < -0.39 is 28.6 Å². The van der Waals surface area contributed by atoms with Crippen LogP contribution in [0.15, 0.2) is 29.8 Å². The first-order valence-corrected chi connectivity index (χ1v) is 8.04. The third kappa shape index (κ3) is 6.54. The molecule has 0 heterocycles. The van der Waals surface area contributed by atoms with Crippen molar-refractivity contribution in [1.29, 1.82) is 0 Å². The molecule has 1 amide bonds. The molecule has 0 spiro atoms. The van der Waals surface area contributed by atoms with Gasteiger partial charge in [0.2, 0.25) is 0 Å². The van der Waals surface area contributed by atoms with E-state index in [-0.39, 0.29) is 12.1 Å². The number of non-ortho nitro benzene ring substituents is 1. The van der Waals surface area contributed by atoms with Crippen LogP contribution in [-0.4, -0.2) is 33.7 Å². The number of benzene rings is 1. The normalized spacial score (nSPS) is 13.4. The van der Waals surface area contributed by atoms with Gasteiger partial charge in [0.1, 0.15) is 11.6 Å². The van der Waals surface area contributed by atoms with E-state index in [0.717, 1.165) is 16.7 Å². The van der Waals surface area contributed by atoms with Crippen LogP contribution in [0.2, 0.25) is 0 Å². The molecule has 1 aromatic carbocycles. The van der Waals surface area contributed by atoms with Crippen LogP contribution in [0.3, 0.4) is 0 Å². The molecule has 0 bridgehead atoms. The lowest BCUT2D eigenvalue weighted by Crippen LogP contribution is -2.43. The Morgan fingerprint density at radius 3 is 2.19 bits per heavy atom. The molecule has 0 saturated heterocycles. The second-order valence-electron chi connectivity index (χ2n) is 6.95. The second-order valence-corrected chi connectivity index (χ2v) is 6.95. The SMILES string of the molecule is C/C(C[C@H](NC(=O)OC(C)(C)C)C(=O)O)=C(\C)c1ccc([N+](=O)[O-])cc1. The van der Waals surface area contributed by atoms with Crippen LogP contribution in [0.5, 0.6) is 0 Å². The summed E-state index contributed by atoms with van der Waals surface area (Å²) in [4.78, 5) is 33.5. The van der Waals surface area contributed by atoms with Crippen molar-refractivity contribution in [2.75, 3.05) is 0 Å². The van der Waals surface area contributed by atoms with Crippen molar-refractivity contribution in [3.8, 4) is 0 Å². The van der Waals surface area contributed by atoms with E-state index in [1.807, 2.05) is 0 Å². The van der Waals surface area contributed by atoms with Gasteiger partial charge in [0, 0.05) is 12.1 Å². The van der Waals surface area contributed by atoms with Gasteiger partial charge in [-0.25, -0.2) is 9.59 Å². The molecule has 0 fully saturated rings. The van der Waals surface area contributed by atoms with E-state index >= 15 is 0 Å². The molecule has 0 aliphatic heterocycles. The minimum atomic E-state index is -1.17. The average molecular weight is 364 g/mol. The van der Waals surface area contributed by atoms with Gasteiger partial charge in [-0.1, -0.05) is 5.57 Å². The van der Waals surface area contributed by atoms with Crippen molar-refractivity contribution in [2.24, 2.45) is 0 Å². The highest BCUT2D eigenvalue weighted by Crippen LogP contribution is 2.23. The van der Waals surface area contributed by atoms with Gasteiger partial charge >= 0.3 is 12.1 Å². The highest BCUT2D eigenvalue weighted by Gasteiger charge is 2.24. The Morgan fingerprint density at radius 2 is 1.77 bits per heavy atom. The zero-order valence-electron chi connectivity index (χ0n) is 15.5. The summed E-state index contributed by atoms with van der Waals surface area (Å²) in [5.74, 6) is -1.17. The largest absolute Gasteiger partial charge is 0.480 e. The van der Waals surface area contributed by atoms with Gasteiger partial charge in [-0.3, -0.25) is 10.1 Å². The summed E-state index contributed by atoms with van der Waals surface area (Å²) in [6, 6.07) is 4.85. The first kappa shape index (κ1) is 21.1. The molecule has 0 radical (unpaired) electrons. The number of carboxylic acids is 1. The van der Waals surface area contributed by atoms with E-state index in [1.54, 1.807) is 46.8 Å². The number of ether oxygens (including phenoxy) is 1. The molecular weight excluding hydrogens is 340 g/mol. The Labute approximate surface area is 152 Å². The first-order chi connectivity index (χ1) is 11.9. The van der Waals surface area contributed by atoms with Crippen molar-refractivity contribution < 1.29 is 24.4 Å². The number of rotatable bonds is 6. The molecule has 0 saturated carbocycles. The highest BCUT2D eigenvalue weighted by atomic mass is 16.6. The topological polar surface area (TPSA) is 119 Å². The maximum atomic E-state index is 11.8. The van der Waals surface area contributed by atoms with E-state index in [0.29, 0.717) is 0 Å². The number of aliphatic carboxylic acids is 1.